The first-order chi connectivity index (χ1) is 7.83. The molecule has 1 saturated carbocycles. The molecule has 1 atom stereocenters. The minimum atomic E-state index is 0.692. The van der Waals surface area contributed by atoms with Crippen LogP contribution in [-0.2, 0) is 0 Å². The van der Waals surface area contributed by atoms with Gasteiger partial charge in [-0.3, -0.25) is 0 Å². The SMILES string of the molecule is CCCCCC(C)NCCNC1CCCC1. The van der Waals surface area contributed by atoms with Gasteiger partial charge in [0.05, 0.1) is 0 Å². The lowest BCUT2D eigenvalue weighted by atomic mass is 10.1. The van der Waals surface area contributed by atoms with Gasteiger partial charge in [0.2, 0.25) is 0 Å². The number of nitrogens with one attached hydrogen (secondary N) is 2. The molecule has 0 aromatic rings. The van der Waals surface area contributed by atoms with Gasteiger partial charge >= 0.3 is 0 Å². The minimum absolute atomic E-state index is 0.692. The third-order valence-electron chi connectivity index (χ3n) is 3.65. The van der Waals surface area contributed by atoms with Gasteiger partial charge in [-0.2, -0.15) is 0 Å². The fourth-order valence-corrected chi connectivity index (χ4v) is 2.53. The molecular formula is C14H30N2. The zero-order valence-corrected chi connectivity index (χ0v) is 11.2. The second kappa shape index (κ2) is 9.00. The molecule has 2 N–H and O–H groups in total. The molecule has 16 heavy (non-hydrogen) atoms. The van der Waals surface area contributed by atoms with Crippen LogP contribution in [0, 0.1) is 0 Å². The predicted molar refractivity (Wildman–Crippen MR) is 71.9 cm³/mol. The first-order valence-corrected chi connectivity index (χ1v) is 7.29. The lowest BCUT2D eigenvalue weighted by Gasteiger charge is -2.16. The summed E-state index contributed by atoms with van der Waals surface area (Å²) < 4.78 is 0. The van der Waals surface area contributed by atoms with Crippen molar-refractivity contribution in [2.24, 2.45) is 0 Å². The van der Waals surface area contributed by atoms with Crippen LogP contribution in [-0.4, -0.2) is 25.2 Å². The van der Waals surface area contributed by atoms with Crippen LogP contribution >= 0.6 is 0 Å². The van der Waals surface area contributed by atoms with Crippen molar-refractivity contribution in [3.63, 3.8) is 0 Å². The topological polar surface area (TPSA) is 24.1 Å². The summed E-state index contributed by atoms with van der Waals surface area (Å²) in [6, 6.07) is 1.51. The molecule has 0 spiro atoms. The zero-order chi connectivity index (χ0) is 11.6. The third kappa shape index (κ3) is 6.49. The van der Waals surface area contributed by atoms with Crippen molar-refractivity contribution in [3.05, 3.63) is 0 Å². The van der Waals surface area contributed by atoms with Gasteiger partial charge < -0.3 is 10.6 Å². The average molecular weight is 226 g/mol. The lowest BCUT2D eigenvalue weighted by Crippen LogP contribution is -2.36. The molecule has 1 fully saturated rings. The first kappa shape index (κ1) is 14.0. The van der Waals surface area contributed by atoms with E-state index in [-0.39, 0.29) is 0 Å². The molecule has 0 bridgehead atoms. The largest absolute Gasteiger partial charge is 0.313 e. The van der Waals surface area contributed by atoms with E-state index in [1.165, 1.54) is 51.4 Å². The highest BCUT2D eigenvalue weighted by Gasteiger charge is 2.13. The van der Waals surface area contributed by atoms with Crippen molar-refractivity contribution in [1.29, 1.82) is 0 Å². The molecule has 1 rings (SSSR count). The van der Waals surface area contributed by atoms with Crippen molar-refractivity contribution in [2.45, 2.75) is 77.3 Å². The Balaban J connectivity index is 1.85. The maximum absolute atomic E-state index is 3.64. The van der Waals surface area contributed by atoms with Crippen LogP contribution in [0.25, 0.3) is 0 Å². The highest BCUT2D eigenvalue weighted by molar-refractivity contribution is 4.74. The molecule has 0 aromatic carbocycles. The van der Waals surface area contributed by atoms with E-state index < -0.39 is 0 Å². The van der Waals surface area contributed by atoms with Gasteiger partial charge in [0, 0.05) is 25.2 Å². The number of unbranched alkanes of at least 4 members (excludes halogenated alkanes) is 2. The maximum atomic E-state index is 3.64. The van der Waals surface area contributed by atoms with Gasteiger partial charge in [-0.05, 0) is 26.2 Å². The summed E-state index contributed by atoms with van der Waals surface area (Å²) >= 11 is 0. The van der Waals surface area contributed by atoms with Crippen LogP contribution < -0.4 is 10.6 Å². The fourth-order valence-electron chi connectivity index (χ4n) is 2.53. The number of hydrogen-bond acceptors (Lipinski definition) is 2. The number of rotatable bonds is 9. The van der Waals surface area contributed by atoms with E-state index in [4.69, 9.17) is 0 Å². The van der Waals surface area contributed by atoms with E-state index in [0.717, 1.165) is 19.1 Å². The van der Waals surface area contributed by atoms with E-state index in [1.54, 1.807) is 0 Å². The summed E-state index contributed by atoms with van der Waals surface area (Å²) in [6.45, 7) is 6.85. The van der Waals surface area contributed by atoms with Gasteiger partial charge in [-0.1, -0.05) is 39.0 Å². The molecule has 2 nitrogen and oxygen atoms in total. The van der Waals surface area contributed by atoms with Crippen LogP contribution in [0.1, 0.15) is 65.2 Å². The molecule has 1 aliphatic rings. The smallest absolute Gasteiger partial charge is 0.00794 e. The van der Waals surface area contributed by atoms with E-state index in [9.17, 15) is 0 Å². The Hall–Kier alpha value is -0.0800. The van der Waals surface area contributed by atoms with Crippen molar-refractivity contribution < 1.29 is 0 Å². The Kier molecular flexibility index (Phi) is 7.87. The van der Waals surface area contributed by atoms with Crippen LogP contribution in [0.5, 0.6) is 0 Å². The van der Waals surface area contributed by atoms with Crippen molar-refractivity contribution in [1.82, 2.24) is 10.6 Å². The molecular weight excluding hydrogens is 196 g/mol. The summed E-state index contributed by atoms with van der Waals surface area (Å²) in [5.74, 6) is 0. The maximum Gasteiger partial charge on any atom is 0.00794 e. The molecule has 0 amide bonds. The van der Waals surface area contributed by atoms with Gasteiger partial charge in [-0.25, -0.2) is 0 Å². The average Bonchev–Trinajstić information content (AvgIpc) is 2.78. The second-order valence-corrected chi connectivity index (χ2v) is 5.29. The first-order valence-electron chi connectivity index (χ1n) is 7.29. The van der Waals surface area contributed by atoms with Gasteiger partial charge in [0.15, 0.2) is 0 Å². The summed E-state index contributed by atoms with van der Waals surface area (Å²) in [7, 11) is 0. The van der Waals surface area contributed by atoms with Crippen LogP contribution in [0.2, 0.25) is 0 Å². The monoisotopic (exact) mass is 226 g/mol. The molecule has 1 unspecified atom stereocenters. The fraction of sp³-hybridized carbons (Fsp3) is 1.00. The molecule has 0 saturated heterocycles. The van der Waals surface area contributed by atoms with Gasteiger partial charge in [0.1, 0.15) is 0 Å². The van der Waals surface area contributed by atoms with Crippen molar-refractivity contribution in [2.75, 3.05) is 13.1 Å². The Labute approximate surface area is 102 Å². The third-order valence-corrected chi connectivity index (χ3v) is 3.65. The predicted octanol–water partition coefficient (Wildman–Crippen LogP) is 3.08. The Morgan fingerprint density at radius 2 is 1.88 bits per heavy atom. The minimum Gasteiger partial charge on any atom is -0.313 e. The van der Waals surface area contributed by atoms with Crippen LogP contribution in [0.3, 0.4) is 0 Å². The Morgan fingerprint density at radius 3 is 2.56 bits per heavy atom. The zero-order valence-electron chi connectivity index (χ0n) is 11.2. The molecule has 0 radical (unpaired) electrons. The van der Waals surface area contributed by atoms with E-state index in [2.05, 4.69) is 24.5 Å². The molecule has 2 heteroatoms. The molecule has 0 aromatic heterocycles. The van der Waals surface area contributed by atoms with Crippen molar-refractivity contribution in [3.8, 4) is 0 Å². The Bertz CT molecular complexity index is 153. The van der Waals surface area contributed by atoms with Crippen LogP contribution in [0.4, 0.5) is 0 Å². The quantitative estimate of drug-likeness (QED) is 0.590. The highest BCUT2D eigenvalue weighted by Crippen LogP contribution is 2.17. The van der Waals surface area contributed by atoms with Gasteiger partial charge in [0.25, 0.3) is 0 Å². The number of hydrogen-bond donors (Lipinski definition) is 2. The standard InChI is InChI=1S/C14H30N2/c1-3-4-5-8-13(2)15-11-12-16-14-9-6-7-10-14/h13-16H,3-12H2,1-2H3. The molecule has 96 valence electrons. The molecule has 0 aliphatic heterocycles. The second-order valence-electron chi connectivity index (χ2n) is 5.29. The van der Waals surface area contributed by atoms with E-state index in [0.29, 0.717) is 6.04 Å². The normalized spacial score (nSPS) is 19.1. The summed E-state index contributed by atoms with van der Waals surface area (Å²) in [5.41, 5.74) is 0. The van der Waals surface area contributed by atoms with Crippen molar-refractivity contribution >= 4 is 0 Å². The summed E-state index contributed by atoms with van der Waals surface area (Å²) in [5, 5.41) is 7.24. The van der Waals surface area contributed by atoms with E-state index in [1.807, 2.05) is 0 Å². The molecule has 0 heterocycles. The Morgan fingerprint density at radius 1 is 1.12 bits per heavy atom. The highest BCUT2D eigenvalue weighted by atomic mass is 15.0. The molecule has 1 aliphatic carbocycles. The van der Waals surface area contributed by atoms with E-state index >= 15 is 0 Å². The lowest BCUT2D eigenvalue weighted by molar-refractivity contribution is 0.457. The summed E-state index contributed by atoms with van der Waals surface area (Å²) in [4.78, 5) is 0. The van der Waals surface area contributed by atoms with Gasteiger partial charge in [-0.15, -0.1) is 0 Å². The summed E-state index contributed by atoms with van der Waals surface area (Å²) in [6.07, 6.45) is 11.1. The van der Waals surface area contributed by atoms with Crippen LogP contribution in [0.15, 0.2) is 0 Å².